The SMILES string of the molecule is CCNC(=NCCCc1ccccc1)NCCCS(=O)(=O)c1ccccc1. The highest BCUT2D eigenvalue weighted by Gasteiger charge is 2.13. The molecule has 2 N–H and O–H groups in total. The van der Waals surface area contributed by atoms with Gasteiger partial charge in [-0.05, 0) is 43.9 Å². The number of hydrogen-bond donors (Lipinski definition) is 2. The van der Waals surface area contributed by atoms with Crippen molar-refractivity contribution >= 4 is 15.8 Å². The maximum absolute atomic E-state index is 12.3. The molecule has 0 spiro atoms. The summed E-state index contributed by atoms with van der Waals surface area (Å²) in [7, 11) is -3.22. The molecule has 0 aliphatic rings. The van der Waals surface area contributed by atoms with Crippen molar-refractivity contribution < 1.29 is 8.42 Å². The van der Waals surface area contributed by atoms with E-state index in [-0.39, 0.29) is 5.75 Å². The fourth-order valence-electron chi connectivity index (χ4n) is 2.68. The van der Waals surface area contributed by atoms with Crippen LogP contribution in [0.3, 0.4) is 0 Å². The number of aliphatic imine (C=N–C) groups is 1. The number of nitrogens with zero attached hydrogens (tertiary/aromatic N) is 1. The van der Waals surface area contributed by atoms with Crippen molar-refractivity contribution in [1.82, 2.24) is 10.6 Å². The minimum absolute atomic E-state index is 0.122. The van der Waals surface area contributed by atoms with Crippen molar-refractivity contribution in [1.29, 1.82) is 0 Å². The van der Waals surface area contributed by atoms with Crippen LogP contribution in [0.15, 0.2) is 70.6 Å². The maximum Gasteiger partial charge on any atom is 0.191 e. The minimum Gasteiger partial charge on any atom is -0.357 e. The molecule has 0 bridgehead atoms. The fraction of sp³-hybridized carbons (Fsp3) is 0.381. The zero-order valence-electron chi connectivity index (χ0n) is 15.9. The Morgan fingerprint density at radius 3 is 2.26 bits per heavy atom. The third-order valence-corrected chi connectivity index (χ3v) is 5.88. The van der Waals surface area contributed by atoms with Crippen molar-refractivity contribution in [3.8, 4) is 0 Å². The highest BCUT2D eigenvalue weighted by molar-refractivity contribution is 7.91. The normalized spacial score (nSPS) is 12.0. The summed E-state index contributed by atoms with van der Waals surface area (Å²) >= 11 is 0. The number of guanidine groups is 1. The summed E-state index contributed by atoms with van der Waals surface area (Å²) in [6, 6.07) is 19.0. The molecule has 2 aromatic carbocycles. The molecule has 0 radical (unpaired) electrons. The van der Waals surface area contributed by atoms with Crippen LogP contribution < -0.4 is 10.6 Å². The van der Waals surface area contributed by atoms with Crippen molar-refractivity contribution in [2.75, 3.05) is 25.4 Å². The molecule has 0 aliphatic heterocycles. The molecule has 27 heavy (non-hydrogen) atoms. The maximum atomic E-state index is 12.3. The van der Waals surface area contributed by atoms with E-state index in [0.717, 1.165) is 31.9 Å². The van der Waals surface area contributed by atoms with E-state index in [0.29, 0.717) is 17.9 Å². The van der Waals surface area contributed by atoms with E-state index in [9.17, 15) is 8.42 Å². The number of hydrogen-bond acceptors (Lipinski definition) is 3. The second-order valence-corrected chi connectivity index (χ2v) is 8.37. The lowest BCUT2D eigenvalue weighted by molar-refractivity contribution is 0.592. The summed E-state index contributed by atoms with van der Waals surface area (Å²) in [6.45, 7) is 4.08. The van der Waals surface area contributed by atoms with Gasteiger partial charge in [-0.25, -0.2) is 8.42 Å². The van der Waals surface area contributed by atoms with Crippen LogP contribution >= 0.6 is 0 Å². The predicted octanol–water partition coefficient (Wildman–Crippen LogP) is 3.04. The van der Waals surface area contributed by atoms with Crippen LogP contribution in [0.2, 0.25) is 0 Å². The first-order chi connectivity index (χ1) is 13.1. The van der Waals surface area contributed by atoms with E-state index in [2.05, 4.69) is 27.8 Å². The zero-order chi connectivity index (χ0) is 19.4. The zero-order valence-corrected chi connectivity index (χ0v) is 16.7. The van der Waals surface area contributed by atoms with Crippen LogP contribution in [-0.4, -0.2) is 39.8 Å². The molecule has 0 amide bonds. The van der Waals surface area contributed by atoms with E-state index < -0.39 is 9.84 Å². The Bertz CT molecular complexity index is 791. The molecule has 0 fully saturated rings. The van der Waals surface area contributed by atoms with Gasteiger partial charge in [0.1, 0.15) is 0 Å². The van der Waals surface area contributed by atoms with Crippen LogP contribution in [0.1, 0.15) is 25.3 Å². The van der Waals surface area contributed by atoms with Crippen molar-refractivity contribution in [2.45, 2.75) is 31.1 Å². The van der Waals surface area contributed by atoms with Gasteiger partial charge in [0.15, 0.2) is 15.8 Å². The topological polar surface area (TPSA) is 70.6 Å². The first-order valence-electron chi connectivity index (χ1n) is 9.46. The van der Waals surface area contributed by atoms with Crippen molar-refractivity contribution in [2.24, 2.45) is 4.99 Å². The predicted molar refractivity (Wildman–Crippen MR) is 112 cm³/mol. The molecule has 6 heteroatoms. The number of benzene rings is 2. The smallest absolute Gasteiger partial charge is 0.191 e. The summed E-state index contributed by atoms with van der Waals surface area (Å²) in [4.78, 5) is 4.95. The highest BCUT2D eigenvalue weighted by Crippen LogP contribution is 2.10. The monoisotopic (exact) mass is 387 g/mol. The standard InChI is InChI=1S/C21H29N3O2S/c1-2-22-21(23-16-9-13-19-11-5-3-6-12-19)24-17-10-18-27(25,26)20-14-7-4-8-15-20/h3-8,11-12,14-15H,2,9-10,13,16-18H2,1H3,(H2,22,23,24). The molecule has 2 aromatic rings. The lowest BCUT2D eigenvalue weighted by atomic mass is 10.1. The van der Waals surface area contributed by atoms with Gasteiger partial charge in [-0.3, -0.25) is 4.99 Å². The van der Waals surface area contributed by atoms with Gasteiger partial charge in [-0.2, -0.15) is 0 Å². The van der Waals surface area contributed by atoms with Crippen molar-refractivity contribution in [3.63, 3.8) is 0 Å². The summed E-state index contributed by atoms with van der Waals surface area (Å²) in [5.74, 6) is 0.861. The first kappa shape index (κ1) is 21.0. The lowest BCUT2D eigenvalue weighted by Crippen LogP contribution is -2.38. The largest absolute Gasteiger partial charge is 0.357 e. The molecule has 0 aromatic heterocycles. The number of rotatable bonds is 10. The summed E-state index contributed by atoms with van der Waals surface area (Å²) in [5.41, 5.74) is 1.32. The van der Waals surface area contributed by atoms with Crippen LogP contribution in [0.5, 0.6) is 0 Å². The molecule has 0 aliphatic carbocycles. The lowest BCUT2D eigenvalue weighted by Gasteiger charge is -2.11. The molecule has 146 valence electrons. The third-order valence-electron chi connectivity index (χ3n) is 4.07. The molecule has 5 nitrogen and oxygen atoms in total. The second-order valence-electron chi connectivity index (χ2n) is 6.26. The van der Waals surface area contributed by atoms with Crippen LogP contribution in [-0.2, 0) is 16.3 Å². The van der Waals surface area contributed by atoms with Crippen LogP contribution in [0.4, 0.5) is 0 Å². The third kappa shape index (κ3) is 7.83. The molecule has 0 saturated heterocycles. The first-order valence-corrected chi connectivity index (χ1v) is 11.1. The Kier molecular flexibility index (Phi) is 8.84. The molecule has 0 saturated carbocycles. The van der Waals surface area contributed by atoms with Gasteiger partial charge in [-0.15, -0.1) is 0 Å². The Morgan fingerprint density at radius 1 is 0.926 bits per heavy atom. The Hall–Kier alpha value is -2.34. The molecule has 0 atom stereocenters. The second kappa shape index (κ2) is 11.4. The van der Waals surface area contributed by atoms with Gasteiger partial charge in [-0.1, -0.05) is 48.5 Å². The average molecular weight is 388 g/mol. The molecule has 2 rings (SSSR count). The number of sulfone groups is 1. The highest BCUT2D eigenvalue weighted by atomic mass is 32.2. The fourth-order valence-corrected chi connectivity index (χ4v) is 4.01. The molecular weight excluding hydrogens is 358 g/mol. The quantitative estimate of drug-likeness (QED) is 0.373. The van der Waals surface area contributed by atoms with Gasteiger partial charge < -0.3 is 10.6 Å². The number of aryl methyl sites for hydroxylation is 1. The molecule has 0 heterocycles. The molecule has 0 unspecified atom stereocenters. The van der Waals surface area contributed by atoms with Gasteiger partial charge >= 0.3 is 0 Å². The summed E-state index contributed by atoms with van der Waals surface area (Å²) in [5, 5.41) is 6.42. The summed E-state index contributed by atoms with van der Waals surface area (Å²) in [6.07, 6.45) is 2.51. The average Bonchev–Trinajstić information content (AvgIpc) is 2.70. The Balaban J connectivity index is 1.73. The van der Waals surface area contributed by atoms with E-state index in [4.69, 9.17) is 0 Å². The van der Waals surface area contributed by atoms with E-state index in [1.807, 2.05) is 31.2 Å². The molecular formula is C21H29N3O2S. The van der Waals surface area contributed by atoms with Crippen LogP contribution in [0.25, 0.3) is 0 Å². The van der Waals surface area contributed by atoms with E-state index >= 15 is 0 Å². The Morgan fingerprint density at radius 2 is 1.59 bits per heavy atom. The van der Waals surface area contributed by atoms with Gasteiger partial charge in [0.25, 0.3) is 0 Å². The van der Waals surface area contributed by atoms with Gasteiger partial charge in [0.2, 0.25) is 0 Å². The number of nitrogens with one attached hydrogen (secondary N) is 2. The van der Waals surface area contributed by atoms with Crippen LogP contribution in [0, 0.1) is 0 Å². The van der Waals surface area contributed by atoms with Gasteiger partial charge in [0, 0.05) is 19.6 Å². The van der Waals surface area contributed by atoms with E-state index in [1.54, 1.807) is 24.3 Å². The Labute approximate surface area is 162 Å². The van der Waals surface area contributed by atoms with Crippen molar-refractivity contribution in [3.05, 3.63) is 66.2 Å². The summed E-state index contributed by atoms with van der Waals surface area (Å²) < 4.78 is 24.5. The van der Waals surface area contributed by atoms with E-state index in [1.165, 1.54) is 5.56 Å². The van der Waals surface area contributed by atoms with Gasteiger partial charge in [0.05, 0.1) is 10.6 Å². The minimum atomic E-state index is -3.22.